The van der Waals surface area contributed by atoms with Crippen molar-refractivity contribution < 1.29 is 23.8 Å². The van der Waals surface area contributed by atoms with E-state index in [0.29, 0.717) is 55.1 Å². The van der Waals surface area contributed by atoms with Crippen LogP contribution in [0.15, 0.2) is 66.1 Å². The number of thioether (sulfide) groups is 1. The number of nitrogens with zero attached hydrogens (tertiary/aromatic N) is 3. The van der Waals surface area contributed by atoms with E-state index in [2.05, 4.69) is 103 Å². The van der Waals surface area contributed by atoms with Crippen LogP contribution in [-0.4, -0.2) is 47.6 Å². The van der Waals surface area contributed by atoms with E-state index in [1.807, 2.05) is 12.1 Å². The normalized spacial score (nSPS) is 12.3. The van der Waals surface area contributed by atoms with Crippen LogP contribution in [0.2, 0.25) is 16.6 Å². The number of rotatable bonds is 12. The molecule has 3 aromatic carbocycles. The van der Waals surface area contributed by atoms with Gasteiger partial charge in [-0.05, 0) is 62.3 Å². The van der Waals surface area contributed by atoms with Crippen LogP contribution in [0.3, 0.4) is 0 Å². The summed E-state index contributed by atoms with van der Waals surface area (Å²) in [5.41, 5.74) is 9.31. The van der Waals surface area contributed by atoms with Gasteiger partial charge < -0.3 is 19.1 Å². The largest absolute Gasteiger partial charge is 0.478 e. The molecule has 1 N–H and O–H groups in total. The van der Waals surface area contributed by atoms with Crippen molar-refractivity contribution in [3.63, 3.8) is 0 Å². The van der Waals surface area contributed by atoms with Crippen LogP contribution in [0.25, 0.3) is 21.8 Å². The van der Waals surface area contributed by atoms with Crippen LogP contribution in [0.5, 0.6) is 5.75 Å². The number of hydrogen-bond acceptors (Lipinski definition) is 6. The number of pyridine rings is 1. The van der Waals surface area contributed by atoms with E-state index in [4.69, 9.17) is 14.5 Å². The van der Waals surface area contributed by atoms with E-state index in [1.165, 1.54) is 29.6 Å². The molecule has 0 fully saturated rings. The lowest BCUT2D eigenvalue weighted by atomic mass is 9.87. The summed E-state index contributed by atoms with van der Waals surface area (Å²) in [6, 6.07) is 15.4. The SMILES string of the molecule is COCOc1cc(Cn2cnc3c(SCc4ccc(C(C)(C)C)cc4)ncc(C(=O)O)c32)c2c(C#C[Si](C(C)C)(C(C)C)C(C)C)c(F)ccc2c1. The van der Waals surface area contributed by atoms with Crippen molar-refractivity contribution in [1.29, 1.82) is 0 Å². The van der Waals surface area contributed by atoms with Gasteiger partial charge in [0.15, 0.2) is 6.79 Å². The molecule has 0 saturated heterocycles. The zero-order chi connectivity index (χ0) is 38.0. The number of benzene rings is 3. The van der Waals surface area contributed by atoms with E-state index >= 15 is 4.39 Å². The zero-order valence-corrected chi connectivity index (χ0v) is 33.7. The Labute approximate surface area is 312 Å². The molecule has 10 heteroatoms. The van der Waals surface area contributed by atoms with E-state index in [-0.39, 0.29) is 24.3 Å². The molecule has 5 rings (SSSR count). The number of ether oxygens (including phenoxy) is 2. The zero-order valence-electron chi connectivity index (χ0n) is 31.9. The molecule has 0 saturated carbocycles. The summed E-state index contributed by atoms with van der Waals surface area (Å²) in [6.07, 6.45) is 3.03. The first-order valence-electron chi connectivity index (χ1n) is 17.8. The van der Waals surface area contributed by atoms with Crippen molar-refractivity contribution in [3.8, 4) is 17.2 Å². The average Bonchev–Trinajstić information content (AvgIpc) is 3.50. The molecule has 0 radical (unpaired) electrons. The molecule has 5 aromatic rings. The summed E-state index contributed by atoms with van der Waals surface area (Å²) >= 11 is 1.51. The second-order valence-corrected chi connectivity index (χ2v) is 21.9. The van der Waals surface area contributed by atoms with Crippen LogP contribution in [0.4, 0.5) is 4.39 Å². The summed E-state index contributed by atoms with van der Waals surface area (Å²) < 4.78 is 28.9. The first-order chi connectivity index (χ1) is 24.6. The van der Waals surface area contributed by atoms with Crippen molar-refractivity contribution in [2.75, 3.05) is 13.9 Å². The molecule has 0 aliphatic rings. The van der Waals surface area contributed by atoms with E-state index < -0.39 is 19.9 Å². The second-order valence-electron chi connectivity index (χ2n) is 15.4. The summed E-state index contributed by atoms with van der Waals surface area (Å²) in [4.78, 5) is 21.8. The summed E-state index contributed by atoms with van der Waals surface area (Å²) in [5.74, 6) is 3.07. The molecule has 274 valence electrons. The highest BCUT2D eigenvalue weighted by atomic mass is 32.2. The molecule has 0 atom stereocenters. The standard InChI is InChI=1S/C42H50FN3O4SSi/c1-26(2)52(27(3)4,28(5)6)18-17-34-36(43)16-13-30-19-33(50-25-49-10)20-31(37(30)34)22-46-24-45-38-39(46)35(41(47)48)21-44-40(38)51-23-29-11-14-32(15-12-29)42(7,8)9/h11-16,19-21,24,26-28H,22-23,25H2,1-10H3,(H,47,48). The summed E-state index contributed by atoms with van der Waals surface area (Å²) in [6.45, 7) is 20.2. The fraction of sp³-hybridized carbons (Fsp3) is 0.405. The van der Waals surface area contributed by atoms with Gasteiger partial charge in [-0.2, -0.15) is 0 Å². The Morgan fingerprint density at radius 1 is 1.00 bits per heavy atom. The molecule has 0 bridgehead atoms. The smallest absolute Gasteiger partial charge is 0.339 e. The van der Waals surface area contributed by atoms with Gasteiger partial charge in [0, 0.05) is 31.0 Å². The number of hydrogen-bond donors (Lipinski definition) is 1. The highest BCUT2D eigenvalue weighted by Crippen LogP contribution is 2.41. The highest BCUT2D eigenvalue weighted by molar-refractivity contribution is 7.98. The first kappa shape index (κ1) is 39.0. The lowest BCUT2D eigenvalue weighted by Crippen LogP contribution is -2.43. The Morgan fingerprint density at radius 2 is 1.67 bits per heavy atom. The van der Waals surface area contributed by atoms with Crippen LogP contribution >= 0.6 is 11.8 Å². The number of carboxylic acids is 1. The number of aromatic nitrogens is 3. The quantitative estimate of drug-likeness (QED) is 0.0590. The number of fused-ring (bicyclic) bond motifs is 2. The van der Waals surface area contributed by atoms with Gasteiger partial charge in [-0.1, -0.05) is 110 Å². The minimum absolute atomic E-state index is 0.0342. The monoisotopic (exact) mass is 739 g/mol. The summed E-state index contributed by atoms with van der Waals surface area (Å²) in [5, 5.41) is 12.3. The van der Waals surface area contributed by atoms with Gasteiger partial charge in [-0.3, -0.25) is 0 Å². The number of methoxy groups -OCH3 is 1. The molecule has 52 heavy (non-hydrogen) atoms. The van der Waals surface area contributed by atoms with E-state index in [1.54, 1.807) is 24.1 Å². The number of carboxylic acid groups (broad SMARTS) is 1. The molecule has 0 aliphatic heterocycles. The third-order valence-corrected chi connectivity index (χ3v) is 17.4. The Hall–Kier alpha value is -4.17. The van der Waals surface area contributed by atoms with Crippen molar-refractivity contribution in [1.82, 2.24) is 14.5 Å². The first-order valence-corrected chi connectivity index (χ1v) is 21.0. The molecule has 0 aliphatic carbocycles. The topological polar surface area (TPSA) is 86.5 Å². The van der Waals surface area contributed by atoms with E-state index in [0.717, 1.165) is 16.5 Å². The summed E-state index contributed by atoms with van der Waals surface area (Å²) in [7, 11) is -0.645. The third kappa shape index (κ3) is 7.92. The Bertz CT molecular complexity index is 2120. The number of imidazole rings is 1. The van der Waals surface area contributed by atoms with Gasteiger partial charge >= 0.3 is 5.97 Å². The predicted octanol–water partition coefficient (Wildman–Crippen LogP) is 10.6. The number of carbonyl (C=O) groups is 1. The van der Waals surface area contributed by atoms with Crippen molar-refractivity contribution in [2.24, 2.45) is 0 Å². The Balaban J connectivity index is 1.64. The van der Waals surface area contributed by atoms with E-state index in [9.17, 15) is 9.90 Å². The second kappa shape index (κ2) is 15.8. The molecule has 2 heterocycles. The van der Waals surface area contributed by atoms with Gasteiger partial charge in [0.1, 0.15) is 35.7 Å². The lowest BCUT2D eigenvalue weighted by Gasteiger charge is -2.38. The molecule has 2 aromatic heterocycles. The average molecular weight is 740 g/mol. The number of halogens is 1. The molecule has 0 unspecified atom stereocenters. The van der Waals surface area contributed by atoms with Crippen molar-refractivity contribution in [3.05, 3.63) is 94.7 Å². The van der Waals surface area contributed by atoms with Crippen LogP contribution in [0, 0.1) is 17.3 Å². The van der Waals surface area contributed by atoms with Gasteiger partial charge in [0.2, 0.25) is 0 Å². The van der Waals surface area contributed by atoms with Gasteiger partial charge in [0.25, 0.3) is 0 Å². The lowest BCUT2D eigenvalue weighted by molar-refractivity contribution is 0.0511. The Morgan fingerprint density at radius 3 is 2.27 bits per heavy atom. The molecular formula is C42H50FN3O4SSi. The van der Waals surface area contributed by atoms with Crippen LogP contribution < -0.4 is 4.74 Å². The highest BCUT2D eigenvalue weighted by Gasteiger charge is 2.41. The molecule has 7 nitrogen and oxygen atoms in total. The predicted molar refractivity (Wildman–Crippen MR) is 213 cm³/mol. The van der Waals surface area contributed by atoms with Gasteiger partial charge in [-0.25, -0.2) is 19.2 Å². The minimum atomic E-state index is -2.20. The van der Waals surface area contributed by atoms with Crippen molar-refractivity contribution >= 4 is 47.6 Å². The fourth-order valence-corrected chi connectivity index (χ4v) is 13.6. The Kier molecular flexibility index (Phi) is 11.9. The fourth-order valence-electron chi connectivity index (χ4n) is 7.44. The molecule has 0 spiro atoms. The maximum atomic E-state index is 16.0. The van der Waals surface area contributed by atoms with Gasteiger partial charge in [-0.15, -0.1) is 5.54 Å². The van der Waals surface area contributed by atoms with Crippen LogP contribution in [0.1, 0.15) is 94.9 Å². The maximum absolute atomic E-state index is 16.0. The number of aromatic carboxylic acids is 1. The van der Waals surface area contributed by atoms with Crippen LogP contribution in [-0.2, 0) is 22.4 Å². The maximum Gasteiger partial charge on any atom is 0.339 e. The molecule has 0 amide bonds. The third-order valence-electron chi connectivity index (χ3n) is 10.1. The van der Waals surface area contributed by atoms with Crippen molar-refractivity contribution in [2.45, 2.75) is 102 Å². The minimum Gasteiger partial charge on any atom is -0.478 e. The van der Waals surface area contributed by atoms with Gasteiger partial charge in [0.05, 0.1) is 17.4 Å². The molecular weight excluding hydrogens is 690 g/mol.